The SMILES string of the molecule is CCNC(=O)Nc1cc(C)c2cnc(Nc3ccncc3)nc2n1. The Morgan fingerprint density at radius 3 is 2.75 bits per heavy atom. The lowest BCUT2D eigenvalue weighted by atomic mass is 10.2. The third kappa shape index (κ3) is 3.54. The predicted octanol–water partition coefficient (Wildman–Crippen LogP) is 2.61. The predicted molar refractivity (Wildman–Crippen MR) is 92.3 cm³/mol. The van der Waals surface area contributed by atoms with E-state index in [9.17, 15) is 4.79 Å². The van der Waals surface area contributed by atoms with Crippen molar-refractivity contribution in [2.75, 3.05) is 17.2 Å². The van der Waals surface area contributed by atoms with E-state index in [-0.39, 0.29) is 6.03 Å². The Kier molecular flexibility index (Phi) is 4.46. The molecule has 0 bridgehead atoms. The van der Waals surface area contributed by atoms with Crippen molar-refractivity contribution in [1.82, 2.24) is 25.3 Å². The third-order valence-corrected chi connectivity index (χ3v) is 3.29. The van der Waals surface area contributed by atoms with Crippen LogP contribution < -0.4 is 16.0 Å². The molecule has 3 heterocycles. The molecule has 0 aliphatic heterocycles. The molecule has 0 radical (unpaired) electrons. The molecule has 2 amide bonds. The number of aromatic nitrogens is 4. The molecule has 0 saturated carbocycles. The van der Waals surface area contributed by atoms with Crippen molar-refractivity contribution in [3.8, 4) is 0 Å². The van der Waals surface area contributed by atoms with E-state index in [2.05, 4.69) is 35.9 Å². The average molecular weight is 323 g/mol. The summed E-state index contributed by atoms with van der Waals surface area (Å²) in [5.74, 6) is 0.871. The minimum Gasteiger partial charge on any atom is -0.338 e. The van der Waals surface area contributed by atoms with Gasteiger partial charge in [-0.2, -0.15) is 4.98 Å². The summed E-state index contributed by atoms with van der Waals surface area (Å²) in [5.41, 5.74) is 2.27. The molecular weight excluding hydrogens is 306 g/mol. The van der Waals surface area contributed by atoms with Crippen LogP contribution in [0.25, 0.3) is 11.0 Å². The van der Waals surface area contributed by atoms with Gasteiger partial charge in [-0.25, -0.2) is 14.8 Å². The Bertz CT molecular complexity index is 867. The second-order valence-corrected chi connectivity index (χ2v) is 5.10. The first-order valence-electron chi connectivity index (χ1n) is 7.52. The molecule has 24 heavy (non-hydrogen) atoms. The van der Waals surface area contributed by atoms with E-state index < -0.39 is 0 Å². The van der Waals surface area contributed by atoms with Gasteiger partial charge in [0.1, 0.15) is 5.82 Å². The lowest BCUT2D eigenvalue weighted by molar-refractivity contribution is 0.252. The number of rotatable bonds is 4. The Hall–Kier alpha value is -3.29. The fraction of sp³-hybridized carbons (Fsp3) is 0.188. The normalized spacial score (nSPS) is 10.4. The lowest BCUT2D eigenvalue weighted by Crippen LogP contribution is -2.28. The van der Waals surface area contributed by atoms with Crippen LogP contribution in [0.3, 0.4) is 0 Å². The van der Waals surface area contributed by atoms with Crippen LogP contribution in [0, 0.1) is 6.92 Å². The van der Waals surface area contributed by atoms with Crippen LogP contribution >= 0.6 is 0 Å². The zero-order valence-corrected chi connectivity index (χ0v) is 13.4. The van der Waals surface area contributed by atoms with E-state index >= 15 is 0 Å². The van der Waals surface area contributed by atoms with Crippen LogP contribution in [0.1, 0.15) is 12.5 Å². The molecule has 0 fully saturated rings. The van der Waals surface area contributed by atoms with E-state index in [1.807, 2.05) is 26.0 Å². The van der Waals surface area contributed by atoms with E-state index in [1.165, 1.54) is 0 Å². The maximum atomic E-state index is 11.7. The molecule has 0 spiro atoms. The average Bonchev–Trinajstić information content (AvgIpc) is 2.55. The van der Waals surface area contributed by atoms with Gasteiger partial charge in [0.05, 0.1) is 0 Å². The Labute approximate surface area is 138 Å². The molecule has 8 heteroatoms. The second kappa shape index (κ2) is 6.86. The highest BCUT2D eigenvalue weighted by atomic mass is 16.2. The summed E-state index contributed by atoms with van der Waals surface area (Å²) in [7, 11) is 0. The minimum absolute atomic E-state index is 0.298. The van der Waals surface area contributed by atoms with E-state index in [1.54, 1.807) is 24.7 Å². The molecular formula is C16H17N7O. The number of nitrogens with zero attached hydrogens (tertiary/aromatic N) is 4. The standard InChI is InChI=1S/C16H17N7O/c1-3-18-16(24)22-13-8-10(2)12-9-19-15(23-14(12)21-13)20-11-4-6-17-7-5-11/h4-9H,3H2,1-2H3,(H3,17,18,19,20,21,22,23,24). The molecule has 0 aliphatic rings. The first-order chi connectivity index (χ1) is 11.7. The van der Waals surface area contributed by atoms with Gasteiger partial charge in [-0.05, 0) is 37.6 Å². The summed E-state index contributed by atoms with van der Waals surface area (Å²) in [5, 5.41) is 9.28. The topological polar surface area (TPSA) is 105 Å². The Morgan fingerprint density at radius 2 is 2.00 bits per heavy atom. The van der Waals surface area contributed by atoms with E-state index in [0.717, 1.165) is 16.6 Å². The van der Waals surface area contributed by atoms with Crippen LogP contribution in [-0.4, -0.2) is 32.5 Å². The van der Waals surface area contributed by atoms with Crippen molar-refractivity contribution in [3.63, 3.8) is 0 Å². The van der Waals surface area contributed by atoms with Crippen LogP contribution in [-0.2, 0) is 0 Å². The van der Waals surface area contributed by atoms with Gasteiger partial charge in [0.2, 0.25) is 5.95 Å². The number of urea groups is 1. The summed E-state index contributed by atoms with van der Waals surface area (Å²) in [6.07, 6.45) is 5.07. The van der Waals surface area contributed by atoms with Gasteiger partial charge in [-0.15, -0.1) is 0 Å². The number of carbonyl (C=O) groups excluding carboxylic acids is 1. The molecule has 3 N–H and O–H groups in total. The number of nitrogens with one attached hydrogen (secondary N) is 3. The summed E-state index contributed by atoms with van der Waals surface area (Å²) in [6, 6.07) is 5.13. The largest absolute Gasteiger partial charge is 0.338 e. The molecule has 0 aliphatic carbocycles. The van der Waals surface area contributed by atoms with Gasteiger partial charge in [0.15, 0.2) is 5.65 Å². The molecule has 0 atom stereocenters. The van der Waals surface area contributed by atoms with Crippen LogP contribution in [0.5, 0.6) is 0 Å². The monoisotopic (exact) mass is 323 g/mol. The maximum Gasteiger partial charge on any atom is 0.320 e. The second-order valence-electron chi connectivity index (χ2n) is 5.10. The smallest absolute Gasteiger partial charge is 0.320 e. The van der Waals surface area contributed by atoms with Crippen molar-refractivity contribution in [2.45, 2.75) is 13.8 Å². The van der Waals surface area contributed by atoms with Crippen LogP contribution in [0.15, 0.2) is 36.8 Å². The molecule has 0 unspecified atom stereocenters. The first-order valence-corrected chi connectivity index (χ1v) is 7.52. The van der Waals surface area contributed by atoms with Crippen molar-refractivity contribution < 1.29 is 4.79 Å². The maximum absolute atomic E-state index is 11.7. The van der Waals surface area contributed by atoms with Crippen molar-refractivity contribution in [1.29, 1.82) is 0 Å². The fourth-order valence-corrected chi connectivity index (χ4v) is 2.18. The highest BCUT2D eigenvalue weighted by Gasteiger charge is 2.08. The molecule has 3 rings (SSSR count). The summed E-state index contributed by atoms with van der Waals surface area (Å²) >= 11 is 0. The van der Waals surface area contributed by atoms with Crippen LogP contribution in [0.4, 0.5) is 22.2 Å². The number of pyridine rings is 2. The molecule has 0 aromatic carbocycles. The zero-order valence-electron chi connectivity index (χ0n) is 13.4. The van der Waals surface area contributed by atoms with Gasteiger partial charge in [-0.3, -0.25) is 10.3 Å². The van der Waals surface area contributed by atoms with E-state index in [4.69, 9.17) is 0 Å². The van der Waals surface area contributed by atoms with Crippen molar-refractivity contribution in [3.05, 3.63) is 42.4 Å². The molecule has 3 aromatic rings. The fourth-order valence-electron chi connectivity index (χ4n) is 2.18. The summed E-state index contributed by atoms with van der Waals surface area (Å²) in [4.78, 5) is 28.7. The third-order valence-electron chi connectivity index (χ3n) is 3.29. The summed E-state index contributed by atoms with van der Waals surface area (Å²) < 4.78 is 0. The zero-order chi connectivity index (χ0) is 16.9. The first kappa shape index (κ1) is 15.6. The van der Waals surface area contributed by atoms with Gasteiger partial charge in [0.25, 0.3) is 0 Å². The number of aryl methyl sites for hydroxylation is 1. The number of carbonyl (C=O) groups is 1. The molecule has 0 saturated heterocycles. The van der Waals surface area contributed by atoms with Crippen molar-refractivity contribution >= 4 is 34.5 Å². The molecule has 8 nitrogen and oxygen atoms in total. The number of anilines is 3. The van der Waals surface area contributed by atoms with Gasteiger partial charge < -0.3 is 10.6 Å². The molecule has 3 aromatic heterocycles. The number of hydrogen-bond donors (Lipinski definition) is 3. The Morgan fingerprint density at radius 1 is 1.21 bits per heavy atom. The summed E-state index contributed by atoms with van der Waals surface area (Å²) in [6.45, 7) is 4.32. The highest BCUT2D eigenvalue weighted by molar-refractivity contribution is 5.90. The van der Waals surface area contributed by atoms with Gasteiger partial charge >= 0.3 is 6.03 Å². The van der Waals surface area contributed by atoms with Gasteiger partial charge in [-0.1, -0.05) is 0 Å². The number of hydrogen-bond acceptors (Lipinski definition) is 6. The Balaban J connectivity index is 1.91. The van der Waals surface area contributed by atoms with E-state index in [0.29, 0.717) is 24.0 Å². The lowest BCUT2D eigenvalue weighted by Gasteiger charge is -2.09. The van der Waals surface area contributed by atoms with Crippen LogP contribution in [0.2, 0.25) is 0 Å². The number of fused-ring (bicyclic) bond motifs is 1. The van der Waals surface area contributed by atoms with Crippen molar-refractivity contribution in [2.24, 2.45) is 0 Å². The van der Waals surface area contributed by atoms with Gasteiger partial charge in [0, 0.05) is 36.2 Å². The minimum atomic E-state index is -0.298. The highest BCUT2D eigenvalue weighted by Crippen LogP contribution is 2.20. The quantitative estimate of drug-likeness (QED) is 0.681. The number of amides is 2. The molecule has 122 valence electrons.